The second kappa shape index (κ2) is 8.77. The third-order valence-corrected chi connectivity index (χ3v) is 5.35. The van der Waals surface area contributed by atoms with Crippen LogP contribution in [0.5, 0.6) is 0 Å². The van der Waals surface area contributed by atoms with E-state index in [0.29, 0.717) is 30.4 Å². The molecule has 1 aromatic heterocycles. The van der Waals surface area contributed by atoms with Gasteiger partial charge in [0.15, 0.2) is 0 Å². The van der Waals surface area contributed by atoms with Gasteiger partial charge in [-0.05, 0) is 31.0 Å². The summed E-state index contributed by atoms with van der Waals surface area (Å²) in [5.74, 6) is -1.78. The summed E-state index contributed by atoms with van der Waals surface area (Å²) in [4.78, 5) is 32.2. The van der Waals surface area contributed by atoms with Crippen molar-refractivity contribution in [2.24, 2.45) is 0 Å². The van der Waals surface area contributed by atoms with Crippen LogP contribution in [0.4, 0.5) is 14.5 Å². The van der Waals surface area contributed by atoms with E-state index in [1.54, 1.807) is 6.92 Å². The fourth-order valence-electron chi connectivity index (χ4n) is 3.79. The predicted molar refractivity (Wildman–Crippen MR) is 112 cm³/mol. The van der Waals surface area contributed by atoms with Crippen molar-refractivity contribution in [1.29, 1.82) is 0 Å². The zero-order chi connectivity index (χ0) is 22.0. The van der Waals surface area contributed by atoms with Crippen molar-refractivity contribution in [3.05, 3.63) is 93.2 Å². The smallest absolute Gasteiger partial charge is 0.257 e. The number of benzene rings is 2. The van der Waals surface area contributed by atoms with Crippen LogP contribution in [-0.4, -0.2) is 26.9 Å². The van der Waals surface area contributed by atoms with Crippen LogP contribution in [0.15, 0.2) is 53.3 Å². The molecule has 1 amide bonds. The maximum Gasteiger partial charge on any atom is 0.257 e. The van der Waals surface area contributed by atoms with Gasteiger partial charge in [-0.1, -0.05) is 30.3 Å². The summed E-state index contributed by atoms with van der Waals surface area (Å²) in [7, 11) is 0. The molecule has 160 valence electrons. The molecule has 2 aromatic carbocycles. The number of halogens is 2. The molecule has 8 heteroatoms. The second-order valence-electron chi connectivity index (χ2n) is 7.59. The Bertz CT molecular complexity index is 1180. The highest BCUT2D eigenvalue weighted by Crippen LogP contribution is 2.18. The molecule has 0 saturated carbocycles. The lowest BCUT2D eigenvalue weighted by Crippen LogP contribution is -2.39. The van der Waals surface area contributed by atoms with E-state index in [4.69, 9.17) is 0 Å². The molecule has 1 aliphatic heterocycles. The van der Waals surface area contributed by atoms with Gasteiger partial charge in [0, 0.05) is 31.3 Å². The molecule has 1 N–H and O–H groups in total. The quantitative estimate of drug-likeness (QED) is 0.684. The standard InChI is InChI=1S/C23H22F2N4O2/c1-15-26-21-13-28(12-16-5-3-2-4-6-16)10-9-18(21)23(31)29(15)14-22(30)27-20-8-7-17(24)11-19(20)25/h2-8,11H,9-10,12-14H2,1H3,(H,27,30). The van der Waals surface area contributed by atoms with Gasteiger partial charge in [0.1, 0.15) is 24.0 Å². The molecule has 0 bridgehead atoms. The van der Waals surface area contributed by atoms with Crippen LogP contribution >= 0.6 is 0 Å². The first kappa shape index (κ1) is 20.9. The molecule has 0 spiro atoms. The van der Waals surface area contributed by atoms with E-state index in [2.05, 4.69) is 27.3 Å². The summed E-state index contributed by atoms with van der Waals surface area (Å²) < 4.78 is 28.1. The van der Waals surface area contributed by atoms with Crippen molar-refractivity contribution < 1.29 is 13.6 Å². The zero-order valence-corrected chi connectivity index (χ0v) is 17.1. The molecule has 0 aliphatic carbocycles. The van der Waals surface area contributed by atoms with Crippen molar-refractivity contribution in [3.8, 4) is 0 Å². The Balaban J connectivity index is 1.49. The Labute approximate surface area is 178 Å². The molecule has 0 unspecified atom stereocenters. The number of nitrogens with zero attached hydrogens (tertiary/aromatic N) is 3. The first-order valence-electron chi connectivity index (χ1n) is 10.0. The van der Waals surface area contributed by atoms with E-state index in [0.717, 1.165) is 30.9 Å². The predicted octanol–water partition coefficient (Wildman–Crippen LogP) is 3.03. The van der Waals surface area contributed by atoms with Gasteiger partial charge in [-0.3, -0.25) is 19.1 Å². The van der Waals surface area contributed by atoms with Crippen molar-refractivity contribution in [2.45, 2.75) is 33.0 Å². The van der Waals surface area contributed by atoms with E-state index < -0.39 is 17.5 Å². The third-order valence-electron chi connectivity index (χ3n) is 5.35. The Morgan fingerprint density at radius 3 is 2.68 bits per heavy atom. The lowest BCUT2D eigenvalue weighted by Gasteiger charge is -2.28. The van der Waals surface area contributed by atoms with Crippen LogP contribution in [0.2, 0.25) is 0 Å². The lowest BCUT2D eigenvalue weighted by atomic mass is 10.1. The summed E-state index contributed by atoms with van der Waals surface area (Å²) in [5.41, 5.74) is 2.14. The van der Waals surface area contributed by atoms with Gasteiger partial charge in [0.05, 0.1) is 11.4 Å². The maximum absolute atomic E-state index is 13.8. The average molecular weight is 424 g/mol. The summed E-state index contributed by atoms with van der Waals surface area (Å²) >= 11 is 0. The molecule has 6 nitrogen and oxygen atoms in total. The number of carbonyl (C=O) groups excluding carboxylic acids is 1. The number of fused-ring (bicyclic) bond motifs is 1. The largest absolute Gasteiger partial charge is 0.322 e. The first-order valence-corrected chi connectivity index (χ1v) is 10.0. The molecule has 0 fully saturated rings. The summed E-state index contributed by atoms with van der Waals surface area (Å²) in [6.45, 7) is 3.43. The van der Waals surface area contributed by atoms with E-state index in [9.17, 15) is 18.4 Å². The lowest BCUT2D eigenvalue weighted by molar-refractivity contribution is -0.116. The summed E-state index contributed by atoms with van der Waals surface area (Å²) in [6.07, 6.45) is 0.544. The van der Waals surface area contributed by atoms with Crippen LogP contribution in [-0.2, 0) is 30.8 Å². The number of anilines is 1. The Morgan fingerprint density at radius 2 is 1.94 bits per heavy atom. The SMILES string of the molecule is Cc1nc2c(c(=O)n1CC(=O)Nc1ccc(F)cc1F)CCN(Cc1ccccc1)C2. The highest BCUT2D eigenvalue weighted by atomic mass is 19.1. The van der Waals surface area contributed by atoms with E-state index >= 15 is 0 Å². The number of hydrogen-bond acceptors (Lipinski definition) is 4. The van der Waals surface area contributed by atoms with E-state index in [-0.39, 0.29) is 17.8 Å². The molecule has 1 aliphatic rings. The minimum atomic E-state index is -0.875. The van der Waals surface area contributed by atoms with Crippen molar-refractivity contribution in [1.82, 2.24) is 14.5 Å². The number of amides is 1. The fourth-order valence-corrected chi connectivity index (χ4v) is 3.79. The van der Waals surface area contributed by atoms with Gasteiger partial charge in [-0.2, -0.15) is 0 Å². The molecule has 31 heavy (non-hydrogen) atoms. The van der Waals surface area contributed by atoms with Gasteiger partial charge in [0.25, 0.3) is 5.56 Å². The number of carbonyl (C=O) groups is 1. The number of hydrogen-bond donors (Lipinski definition) is 1. The first-order chi connectivity index (χ1) is 14.9. The Kier molecular flexibility index (Phi) is 5.90. The molecule has 3 aromatic rings. The molecular weight excluding hydrogens is 402 g/mol. The van der Waals surface area contributed by atoms with Crippen LogP contribution in [0.1, 0.15) is 22.6 Å². The van der Waals surface area contributed by atoms with Crippen LogP contribution in [0.25, 0.3) is 0 Å². The van der Waals surface area contributed by atoms with Gasteiger partial charge in [-0.15, -0.1) is 0 Å². The molecule has 0 atom stereocenters. The molecule has 0 saturated heterocycles. The molecular formula is C23H22F2N4O2. The minimum Gasteiger partial charge on any atom is -0.322 e. The monoisotopic (exact) mass is 424 g/mol. The van der Waals surface area contributed by atoms with Crippen molar-refractivity contribution in [3.63, 3.8) is 0 Å². The second-order valence-corrected chi connectivity index (χ2v) is 7.59. The van der Waals surface area contributed by atoms with Crippen LogP contribution < -0.4 is 10.9 Å². The molecule has 2 heterocycles. The van der Waals surface area contributed by atoms with Crippen LogP contribution in [0.3, 0.4) is 0 Å². The van der Waals surface area contributed by atoms with Gasteiger partial charge < -0.3 is 5.32 Å². The van der Waals surface area contributed by atoms with Crippen molar-refractivity contribution in [2.75, 3.05) is 11.9 Å². The van der Waals surface area contributed by atoms with Gasteiger partial charge in [0.2, 0.25) is 5.91 Å². The number of nitrogens with one attached hydrogen (secondary N) is 1. The van der Waals surface area contributed by atoms with E-state index in [1.807, 2.05) is 18.2 Å². The molecule has 0 radical (unpaired) electrons. The Hall–Kier alpha value is -3.39. The van der Waals surface area contributed by atoms with Gasteiger partial charge in [-0.25, -0.2) is 13.8 Å². The number of aryl methyl sites for hydroxylation is 1. The zero-order valence-electron chi connectivity index (χ0n) is 17.1. The topological polar surface area (TPSA) is 67.2 Å². The summed E-state index contributed by atoms with van der Waals surface area (Å²) in [6, 6.07) is 13.0. The third kappa shape index (κ3) is 4.69. The minimum absolute atomic E-state index is 0.139. The van der Waals surface area contributed by atoms with Crippen molar-refractivity contribution >= 4 is 11.6 Å². The van der Waals surface area contributed by atoms with Gasteiger partial charge >= 0.3 is 0 Å². The summed E-state index contributed by atoms with van der Waals surface area (Å²) in [5, 5.41) is 2.38. The molecule has 4 rings (SSSR count). The Morgan fingerprint density at radius 1 is 1.16 bits per heavy atom. The normalized spacial score (nSPS) is 13.6. The average Bonchev–Trinajstić information content (AvgIpc) is 2.74. The fraction of sp³-hybridized carbons (Fsp3) is 0.261. The number of aromatic nitrogens is 2. The van der Waals surface area contributed by atoms with Crippen LogP contribution in [0, 0.1) is 18.6 Å². The van der Waals surface area contributed by atoms with E-state index in [1.165, 1.54) is 10.1 Å². The number of rotatable bonds is 5. The highest BCUT2D eigenvalue weighted by Gasteiger charge is 2.23. The highest BCUT2D eigenvalue weighted by molar-refractivity contribution is 5.90. The maximum atomic E-state index is 13.8.